The number of nitrogens with zero attached hydrogens (tertiary/aromatic N) is 5. The van der Waals surface area contributed by atoms with E-state index < -0.39 is 31.3 Å². The molecule has 0 aliphatic carbocycles. The van der Waals surface area contributed by atoms with Crippen LogP contribution in [0.2, 0.25) is 25.7 Å². The Hall–Kier alpha value is -2.33. The van der Waals surface area contributed by atoms with Crippen LogP contribution in [-0.2, 0) is 22.7 Å². The predicted molar refractivity (Wildman–Crippen MR) is 115 cm³/mol. The van der Waals surface area contributed by atoms with E-state index in [1.165, 1.54) is 6.07 Å². The number of aromatic hydroxyl groups is 1. The van der Waals surface area contributed by atoms with Crippen molar-refractivity contribution in [3.63, 3.8) is 0 Å². The lowest BCUT2D eigenvalue weighted by Crippen LogP contribution is -2.36. The van der Waals surface area contributed by atoms with Crippen molar-refractivity contribution < 1.29 is 19.7 Å². The topological polar surface area (TPSA) is 123 Å². The normalized spacial score (nSPS) is 14.5. The van der Waals surface area contributed by atoms with Gasteiger partial charge in [-0.3, -0.25) is 4.79 Å². The quantitative estimate of drug-likeness (QED) is 0.431. The molecule has 2 aromatic rings. The second-order valence-electron chi connectivity index (χ2n) is 9.90. The molecule has 0 aliphatic rings. The van der Waals surface area contributed by atoms with Gasteiger partial charge in [0.15, 0.2) is 5.82 Å². The Morgan fingerprint density at radius 1 is 1.27 bits per heavy atom. The highest BCUT2D eigenvalue weighted by molar-refractivity contribution is 6.76. The van der Waals surface area contributed by atoms with Crippen LogP contribution in [0, 0.1) is 11.3 Å². The largest absolute Gasteiger partial charge is 0.493 e. The maximum Gasteiger partial charge on any atom is 0.307 e. The van der Waals surface area contributed by atoms with E-state index in [1.807, 2.05) is 20.8 Å². The molecule has 2 rings (SSSR count). The Morgan fingerprint density at radius 3 is 2.50 bits per heavy atom. The SMILES string of the molecule is CC(C)(C)[C@H](C(=O)O)[C@H](Cc1ccc(O)nc1)c1nnnn1COCC[Si](C)(C)C. The lowest BCUT2D eigenvalue weighted by atomic mass is 9.71. The predicted octanol–water partition coefficient (Wildman–Crippen LogP) is 3.16. The van der Waals surface area contributed by atoms with Gasteiger partial charge in [0.2, 0.25) is 5.88 Å². The van der Waals surface area contributed by atoms with Crippen LogP contribution >= 0.6 is 0 Å². The smallest absolute Gasteiger partial charge is 0.307 e. The zero-order valence-electron chi connectivity index (χ0n) is 18.7. The second kappa shape index (κ2) is 9.65. The molecule has 2 N–H and O–H groups in total. The van der Waals surface area contributed by atoms with Crippen molar-refractivity contribution in [3.05, 3.63) is 29.7 Å². The average molecular weight is 436 g/mol. The summed E-state index contributed by atoms with van der Waals surface area (Å²) in [5.74, 6) is -1.75. The number of ether oxygens (including phenoxy) is 1. The summed E-state index contributed by atoms with van der Waals surface area (Å²) in [7, 11) is -1.22. The van der Waals surface area contributed by atoms with Crippen LogP contribution in [0.1, 0.15) is 38.1 Å². The van der Waals surface area contributed by atoms with Gasteiger partial charge >= 0.3 is 5.97 Å². The number of carboxylic acids is 1. The number of aliphatic carboxylic acids is 1. The number of aromatic nitrogens is 5. The number of carbonyl (C=O) groups is 1. The molecule has 0 saturated heterocycles. The van der Waals surface area contributed by atoms with Crippen LogP contribution in [-0.4, -0.2) is 56.1 Å². The molecule has 0 spiro atoms. The summed E-state index contributed by atoms with van der Waals surface area (Å²) in [6.45, 7) is 13.3. The van der Waals surface area contributed by atoms with Crippen molar-refractivity contribution in [2.75, 3.05) is 6.61 Å². The Kier molecular flexibility index (Phi) is 7.70. The van der Waals surface area contributed by atoms with E-state index in [-0.39, 0.29) is 12.6 Å². The maximum atomic E-state index is 12.2. The van der Waals surface area contributed by atoms with Gasteiger partial charge in [-0.1, -0.05) is 46.5 Å². The minimum Gasteiger partial charge on any atom is -0.493 e. The van der Waals surface area contributed by atoms with Crippen LogP contribution in [0.5, 0.6) is 5.88 Å². The summed E-state index contributed by atoms with van der Waals surface area (Å²) in [5.41, 5.74) is 0.263. The van der Waals surface area contributed by atoms with Crippen molar-refractivity contribution in [2.24, 2.45) is 11.3 Å². The van der Waals surface area contributed by atoms with Crippen LogP contribution in [0.4, 0.5) is 0 Å². The van der Waals surface area contributed by atoms with E-state index in [2.05, 4.69) is 40.2 Å². The number of rotatable bonds is 10. The van der Waals surface area contributed by atoms with Crippen LogP contribution in [0.3, 0.4) is 0 Å². The number of hydrogen-bond acceptors (Lipinski definition) is 7. The molecule has 0 unspecified atom stereocenters. The van der Waals surface area contributed by atoms with Crippen LogP contribution < -0.4 is 0 Å². The summed E-state index contributed by atoms with van der Waals surface area (Å²) >= 11 is 0. The molecule has 30 heavy (non-hydrogen) atoms. The standard InChI is InChI=1S/C20H33N5O4Si/c1-20(2,3)17(19(27)28)15(11-14-7-8-16(26)21-12-14)18-22-23-24-25(18)13-29-9-10-30(4,5)6/h7-8,12,15,17H,9-11,13H2,1-6H3,(H,21,26)(H,27,28)/t15-,17-/m0/s1. The third-order valence-corrected chi connectivity index (χ3v) is 6.67. The number of hydrogen-bond donors (Lipinski definition) is 2. The first-order valence-electron chi connectivity index (χ1n) is 10.1. The van der Waals surface area contributed by atoms with E-state index in [4.69, 9.17) is 4.74 Å². The molecule has 0 saturated carbocycles. The molecule has 9 nitrogen and oxygen atoms in total. The van der Waals surface area contributed by atoms with Gasteiger partial charge in [-0.05, 0) is 33.9 Å². The zero-order chi connectivity index (χ0) is 22.5. The lowest BCUT2D eigenvalue weighted by molar-refractivity contribution is -0.146. The fraction of sp³-hybridized carbons (Fsp3) is 0.650. The summed E-state index contributed by atoms with van der Waals surface area (Å²) in [5, 5.41) is 31.5. The van der Waals surface area contributed by atoms with Gasteiger partial charge in [0, 0.05) is 32.9 Å². The lowest BCUT2D eigenvalue weighted by Gasteiger charge is -2.33. The van der Waals surface area contributed by atoms with Crippen molar-refractivity contribution in [3.8, 4) is 5.88 Å². The fourth-order valence-corrected chi connectivity index (χ4v) is 4.15. The highest BCUT2D eigenvalue weighted by atomic mass is 28.3. The first kappa shape index (κ1) is 23.9. The molecule has 0 radical (unpaired) electrons. The van der Waals surface area contributed by atoms with E-state index in [0.717, 1.165) is 11.6 Å². The van der Waals surface area contributed by atoms with Gasteiger partial charge in [0.05, 0.1) is 5.92 Å². The van der Waals surface area contributed by atoms with Gasteiger partial charge in [0.25, 0.3) is 0 Å². The first-order chi connectivity index (χ1) is 13.9. The third-order valence-electron chi connectivity index (χ3n) is 4.97. The van der Waals surface area contributed by atoms with Crippen molar-refractivity contribution >= 4 is 14.0 Å². The van der Waals surface area contributed by atoms with Crippen LogP contribution in [0.15, 0.2) is 18.3 Å². The Balaban J connectivity index is 2.31. The molecule has 0 bridgehead atoms. The van der Waals surface area contributed by atoms with E-state index in [1.54, 1.807) is 16.9 Å². The second-order valence-corrected chi connectivity index (χ2v) is 15.5. The molecule has 10 heteroatoms. The monoisotopic (exact) mass is 435 g/mol. The summed E-state index contributed by atoms with van der Waals surface area (Å²) in [6.07, 6.45) is 1.92. The highest BCUT2D eigenvalue weighted by Gasteiger charge is 2.41. The third kappa shape index (κ3) is 6.87. The molecule has 0 amide bonds. The molecular weight excluding hydrogens is 402 g/mol. The minimum atomic E-state index is -1.22. The van der Waals surface area contributed by atoms with Gasteiger partial charge in [-0.15, -0.1) is 5.10 Å². The van der Waals surface area contributed by atoms with Crippen LogP contribution in [0.25, 0.3) is 0 Å². The molecule has 0 fully saturated rings. The van der Waals surface area contributed by atoms with Gasteiger partial charge in [-0.2, -0.15) is 0 Å². The number of tetrazole rings is 1. The van der Waals surface area contributed by atoms with Gasteiger partial charge in [0.1, 0.15) is 6.73 Å². The average Bonchev–Trinajstić information content (AvgIpc) is 3.06. The summed E-state index contributed by atoms with van der Waals surface area (Å²) in [6, 6.07) is 4.24. The van der Waals surface area contributed by atoms with E-state index in [0.29, 0.717) is 18.9 Å². The van der Waals surface area contributed by atoms with Gasteiger partial charge < -0.3 is 14.9 Å². The van der Waals surface area contributed by atoms with Gasteiger partial charge in [-0.25, -0.2) is 9.67 Å². The number of pyridine rings is 1. The van der Waals surface area contributed by atoms with Crippen molar-refractivity contribution in [1.29, 1.82) is 0 Å². The molecule has 2 heterocycles. The molecule has 0 aromatic carbocycles. The molecule has 2 atom stereocenters. The Morgan fingerprint density at radius 2 is 1.97 bits per heavy atom. The van der Waals surface area contributed by atoms with Crippen molar-refractivity contribution in [2.45, 2.75) is 65.5 Å². The first-order valence-corrected chi connectivity index (χ1v) is 13.8. The zero-order valence-corrected chi connectivity index (χ0v) is 19.7. The summed E-state index contributed by atoms with van der Waals surface area (Å²) < 4.78 is 7.35. The maximum absolute atomic E-state index is 12.2. The molecular formula is C20H33N5O4Si. The number of carboxylic acid groups (broad SMARTS) is 1. The van der Waals surface area contributed by atoms with E-state index in [9.17, 15) is 15.0 Å². The Labute approximate surface area is 178 Å². The fourth-order valence-electron chi connectivity index (χ4n) is 3.39. The Bertz CT molecular complexity index is 827. The highest BCUT2D eigenvalue weighted by Crippen LogP contribution is 2.39. The van der Waals surface area contributed by atoms with E-state index >= 15 is 0 Å². The minimum absolute atomic E-state index is 0.0819. The van der Waals surface area contributed by atoms with Crippen molar-refractivity contribution in [1.82, 2.24) is 25.2 Å². The molecule has 2 aromatic heterocycles. The summed E-state index contributed by atoms with van der Waals surface area (Å²) in [4.78, 5) is 16.2. The molecule has 166 valence electrons. The molecule has 0 aliphatic heterocycles.